The van der Waals surface area contributed by atoms with E-state index in [9.17, 15) is 5.11 Å². The van der Waals surface area contributed by atoms with E-state index in [1.807, 2.05) is 11.0 Å². The Hall–Kier alpha value is -3.51. The maximum Gasteiger partial charge on any atom is 0.324 e. The second-order valence-electron chi connectivity index (χ2n) is 6.61. The van der Waals surface area contributed by atoms with Crippen LogP contribution in [0, 0.1) is 11.3 Å². The number of nitrogens with zero attached hydrogens (tertiary/aromatic N) is 6. The Morgan fingerprint density at radius 2 is 2.30 bits per heavy atom. The third-order valence-corrected chi connectivity index (χ3v) is 4.71. The second kappa shape index (κ2) is 6.03. The van der Waals surface area contributed by atoms with E-state index in [0.717, 1.165) is 21.9 Å². The van der Waals surface area contributed by atoms with Crippen LogP contribution >= 0.6 is 0 Å². The fourth-order valence-electron chi connectivity index (χ4n) is 3.37. The molecule has 5 rings (SSSR count). The Bertz CT molecular complexity index is 1190. The minimum Gasteiger partial charge on any atom is -0.391 e. The fourth-order valence-corrected chi connectivity index (χ4v) is 3.37. The molecule has 1 saturated heterocycles. The lowest BCUT2D eigenvalue weighted by Crippen LogP contribution is -2.21. The molecule has 27 heavy (non-hydrogen) atoms. The number of nitriles is 1. The van der Waals surface area contributed by atoms with Gasteiger partial charge in [-0.05, 0) is 24.6 Å². The number of aromatic amines is 1. The number of nitrogens with one attached hydrogen (secondary N) is 1. The van der Waals surface area contributed by atoms with E-state index < -0.39 is 0 Å². The summed E-state index contributed by atoms with van der Waals surface area (Å²) < 4.78 is 5.31. The van der Waals surface area contributed by atoms with Gasteiger partial charge in [-0.1, -0.05) is 5.16 Å². The van der Waals surface area contributed by atoms with E-state index in [2.05, 4.69) is 31.2 Å². The number of H-pyrrole nitrogens is 1. The molecule has 4 heterocycles. The largest absolute Gasteiger partial charge is 0.391 e. The molecule has 2 N–H and O–H groups in total. The van der Waals surface area contributed by atoms with Crippen LogP contribution < -0.4 is 4.90 Å². The molecule has 0 saturated carbocycles. The van der Waals surface area contributed by atoms with Crippen molar-refractivity contribution in [1.29, 1.82) is 5.26 Å². The van der Waals surface area contributed by atoms with Crippen molar-refractivity contribution in [2.45, 2.75) is 18.9 Å². The first-order valence-corrected chi connectivity index (χ1v) is 8.62. The van der Waals surface area contributed by atoms with Crippen molar-refractivity contribution in [2.75, 3.05) is 18.0 Å². The number of hydrogen-bond donors (Lipinski definition) is 2. The summed E-state index contributed by atoms with van der Waals surface area (Å²) in [5.74, 6) is 1.20. The van der Waals surface area contributed by atoms with Crippen LogP contribution in [0.1, 0.15) is 23.6 Å². The van der Waals surface area contributed by atoms with Crippen LogP contribution in [0.15, 0.2) is 28.9 Å². The molecule has 9 nitrogen and oxygen atoms in total. The third kappa shape index (κ3) is 2.76. The molecule has 0 aliphatic carbocycles. The van der Waals surface area contributed by atoms with Crippen molar-refractivity contribution in [1.82, 2.24) is 25.1 Å². The highest BCUT2D eigenvalue weighted by Gasteiger charge is 2.25. The number of rotatable bonds is 3. The third-order valence-electron chi connectivity index (χ3n) is 4.71. The Labute approximate surface area is 153 Å². The van der Waals surface area contributed by atoms with Crippen LogP contribution in [0.25, 0.3) is 21.9 Å². The number of aromatic nitrogens is 5. The van der Waals surface area contributed by atoms with Gasteiger partial charge in [0.05, 0.1) is 46.9 Å². The minimum absolute atomic E-state index is 0.352. The molecule has 0 bridgehead atoms. The monoisotopic (exact) mass is 361 g/mol. The number of imidazole rings is 1. The van der Waals surface area contributed by atoms with E-state index in [1.54, 1.807) is 18.3 Å². The van der Waals surface area contributed by atoms with Gasteiger partial charge >= 0.3 is 6.01 Å². The summed E-state index contributed by atoms with van der Waals surface area (Å²) in [4.78, 5) is 18.6. The Kier molecular flexibility index (Phi) is 3.51. The lowest BCUT2D eigenvalue weighted by molar-refractivity contribution is 0.197. The number of pyridine rings is 1. The van der Waals surface area contributed by atoms with Gasteiger partial charge in [0.25, 0.3) is 0 Å². The maximum atomic E-state index is 9.63. The van der Waals surface area contributed by atoms with Crippen LogP contribution in [-0.2, 0) is 6.42 Å². The van der Waals surface area contributed by atoms with Gasteiger partial charge in [0, 0.05) is 18.5 Å². The van der Waals surface area contributed by atoms with E-state index in [-0.39, 0.29) is 6.10 Å². The molecule has 1 aliphatic heterocycles. The van der Waals surface area contributed by atoms with Gasteiger partial charge in [0.2, 0.25) is 0 Å². The number of aliphatic hydroxyl groups is 1. The first-order valence-electron chi connectivity index (χ1n) is 8.62. The van der Waals surface area contributed by atoms with E-state index in [4.69, 9.17) is 9.78 Å². The summed E-state index contributed by atoms with van der Waals surface area (Å²) in [7, 11) is 0. The van der Waals surface area contributed by atoms with Crippen molar-refractivity contribution >= 4 is 28.0 Å². The minimum atomic E-state index is -0.352. The molecule has 1 unspecified atom stereocenters. The summed E-state index contributed by atoms with van der Waals surface area (Å²) >= 11 is 0. The maximum absolute atomic E-state index is 9.63. The molecule has 0 radical (unpaired) electrons. The molecule has 0 spiro atoms. The first kappa shape index (κ1) is 15.7. The van der Waals surface area contributed by atoms with Crippen LogP contribution in [0.3, 0.4) is 0 Å². The van der Waals surface area contributed by atoms with Gasteiger partial charge < -0.3 is 19.5 Å². The van der Waals surface area contributed by atoms with Crippen LogP contribution in [0.4, 0.5) is 6.01 Å². The second-order valence-corrected chi connectivity index (χ2v) is 6.61. The van der Waals surface area contributed by atoms with Crippen LogP contribution in [0.2, 0.25) is 0 Å². The highest BCUT2D eigenvalue weighted by molar-refractivity contribution is 6.02. The van der Waals surface area contributed by atoms with Gasteiger partial charge in [0.15, 0.2) is 5.82 Å². The molecule has 0 amide bonds. The molecule has 4 aromatic rings. The topological polar surface area (TPSA) is 128 Å². The lowest BCUT2D eigenvalue weighted by atomic mass is 10.1. The summed E-state index contributed by atoms with van der Waals surface area (Å²) in [5, 5.41) is 23.6. The summed E-state index contributed by atoms with van der Waals surface area (Å²) in [6.45, 7) is 1.21. The smallest absolute Gasteiger partial charge is 0.324 e. The zero-order valence-corrected chi connectivity index (χ0v) is 14.3. The van der Waals surface area contributed by atoms with E-state index in [0.29, 0.717) is 49.2 Å². The summed E-state index contributed by atoms with van der Waals surface area (Å²) in [5.41, 5.74) is 2.91. The van der Waals surface area contributed by atoms with Gasteiger partial charge in [-0.25, -0.2) is 4.98 Å². The SMILES string of the molecule is N#Cc1ccc2ncc3[nH]c(Cc4noc(N5CCC(O)C5)n4)nc3c2c1. The molecule has 134 valence electrons. The van der Waals surface area contributed by atoms with Gasteiger partial charge in [0.1, 0.15) is 5.82 Å². The molecule has 1 aromatic carbocycles. The van der Waals surface area contributed by atoms with Crippen molar-refractivity contribution in [3.8, 4) is 6.07 Å². The molecular weight excluding hydrogens is 346 g/mol. The van der Waals surface area contributed by atoms with Crippen molar-refractivity contribution in [2.24, 2.45) is 0 Å². The molecule has 9 heteroatoms. The standard InChI is InChI=1S/C18H15N7O2/c19-7-10-1-2-13-12(5-10)17-14(8-20-13)21-15(22-17)6-16-23-18(27-24-16)25-4-3-11(26)9-25/h1-2,5,8,11,26H,3-4,6,9H2,(H,21,22). The van der Waals surface area contributed by atoms with Crippen molar-refractivity contribution < 1.29 is 9.63 Å². The molecular formula is C18H15N7O2. The van der Waals surface area contributed by atoms with Crippen molar-refractivity contribution in [3.63, 3.8) is 0 Å². The molecule has 1 aliphatic rings. The highest BCUT2D eigenvalue weighted by atomic mass is 16.5. The normalized spacial score (nSPS) is 17.0. The number of anilines is 1. The Balaban J connectivity index is 1.46. The predicted molar refractivity (Wildman–Crippen MR) is 96.1 cm³/mol. The Morgan fingerprint density at radius 1 is 1.37 bits per heavy atom. The van der Waals surface area contributed by atoms with Crippen molar-refractivity contribution in [3.05, 3.63) is 41.6 Å². The molecule has 1 fully saturated rings. The van der Waals surface area contributed by atoms with Crippen LogP contribution in [-0.4, -0.2) is 49.4 Å². The zero-order valence-electron chi connectivity index (χ0n) is 14.3. The van der Waals surface area contributed by atoms with E-state index >= 15 is 0 Å². The van der Waals surface area contributed by atoms with E-state index in [1.165, 1.54) is 0 Å². The number of aliphatic hydroxyl groups excluding tert-OH is 1. The quantitative estimate of drug-likeness (QED) is 0.562. The number of hydrogen-bond acceptors (Lipinski definition) is 8. The molecule has 1 atom stereocenters. The van der Waals surface area contributed by atoms with Gasteiger partial charge in [-0.2, -0.15) is 10.2 Å². The summed E-state index contributed by atoms with van der Waals surface area (Å²) in [6, 6.07) is 7.91. The first-order chi connectivity index (χ1) is 13.2. The zero-order chi connectivity index (χ0) is 18.4. The molecule has 3 aromatic heterocycles. The fraction of sp³-hybridized carbons (Fsp3) is 0.278. The average Bonchev–Trinajstić information content (AvgIpc) is 3.40. The summed E-state index contributed by atoms with van der Waals surface area (Å²) in [6.07, 6.45) is 2.46. The number of benzene rings is 1. The average molecular weight is 361 g/mol. The Morgan fingerprint density at radius 3 is 3.11 bits per heavy atom. The van der Waals surface area contributed by atoms with Crippen LogP contribution in [0.5, 0.6) is 0 Å². The predicted octanol–water partition coefficient (Wildman–Crippen LogP) is 1.53. The lowest BCUT2D eigenvalue weighted by Gasteiger charge is -2.09. The highest BCUT2D eigenvalue weighted by Crippen LogP contribution is 2.24. The van der Waals surface area contributed by atoms with Gasteiger partial charge in [-0.15, -0.1) is 0 Å². The van der Waals surface area contributed by atoms with Gasteiger partial charge in [-0.3, -0.25) is 4.98 Å². The number of β-amino-alcohol motifs (C(OH)–C–C–N with tert-alkyl or cyclic N) is 1. The number of fused-ring (bicyclic) bond motifs is 3.